The molecule has 1 fully saturated rings. The van der Waals surface area contributed by atoms with E-state index in [1.807, 2.05) is 0 Å². The van der Waals surface area contributed by atoms with Gasteiger partial charge < -0.3 is 20.1 Å². The number of nitrogens with zero attached hydrogens (tertiary/aromatic N) is 2. The Bertz CT molecular complexity index is 1490. The Morgan fingerprint density at radius 2 is 2.09 bits per heavy atom. The molecule has 7 nitrogen and oxygen atoms in total. The summed E-state index contributed by atoms with van der Waals surface area (Å²) in [6, 6.07) is 3.93. The van der Waals surface area contributed by atoms with E-state index < -0.39 is 11.6 Å². The predicted octanol–water partition coefficient (Wildman–Crippen LogP) is 3.19. The van der Waals surface area contributed by atoms with E-state index in [-0.39, 0.29) is 18.6 Å². The molecule has 8 heteroatoms. The Morgan fingerprint density at radius 1 is 1.27 bits per heavy atom. The largest absolute Gasteiger partial charge is 0.458 e. The highest BCUT2D eigenvalue weighted by Gasteiger charge is 2.45. The van der Waals surface area contributed by atoms with Crippen LogP contribution in [0, 0.1) is 0 Å². The molecule has 5 heterocycles. The van der Waals surface area contributed by atoms with Gasteiger partial charge in [0, 0.05) is 32.8 Å². The monoisotopic (exact) mass is 461 g/mol. The van der Waals surface area contributed by atoms with Crippen LogP contribution in [0.5, 0.6) is 0 Å². The number of aryl methyl sites for hydroxylation is 1. The zero-order valence-electron chi connectivity index (χ0n) is 18.2. The lowest BCUT2D eigenvalue weighted by atomic mass is 9.86. The molecule has 33 heavy (non-hydrogen) atoms. The van der Waals surface area contributed by atoms with Crippen molar-refractivity contribution in [1.82, 2.24) is 9.55 Å². The van der Waals surface area contributed by atoms with Crippen molar-refractivity contribution in [2.45, 2.75) is 62.2 Å². The Kier molecular flexibility index (Phi) is 3.80. The summed E-state index contributed by atoms with van der Waals surface area (Å²) in [4.78, 5) is 32.1. The van der Waals surface area contributed by atoms with Crippen LogP contribution in [0.1, 0.15) is 59.9 Å². The van der Waals surface area contributed by atoms with Crippen LogP contribution >= 0.6 is 11.8 Å². The number of carbonyl (C=O) groups is 1. The number of nitrogens with two attached hydrogens (primary N) is 1. The van der Waals surface area contributed by atoms with Crippen molar-refractivity contribution in [3.63, 3.8) is 0 Å². The maximum atomic E-state index is 13.5. The number of hydrogen-bond donors (Lipinski definition) is 2. The predicted molar refractivity (Wildman–Crippen MR) is 125 cm³/mol. The number of hydrogen-bond acceptors (Lipinski definition) is 7. The Labute approximate surface area is 194 Å². The van der Waals surface area contributed by atoms with Gasteiger partial charge in [-0.2, -0.15) is 0 Å². The fourth-order valence-electron chi connectivity index (χ4n) is 5.75. The lowest BCUT2D eigenvalue weighted by Crippen LogP contribution is -2.44. The molecule has 1 aliphatic carbocycles. The van der Waals surface area contributed by atoms with E-state index in [1.54, 1.807) is 29.3 Å². The van der Waals surface area contributed by atoms with Crippen LogP contribution in [0.25, 0.3) is 22.3 Å². The topological polar surface area (TPSA) is 107 Å². The summed E-state index contributed by atoms with van der Waals surface area (Å²) in [5.41, 5.74) is 12.0. The molecule has 0 unspecified atom stereocenters. The second-order valence-electron chi connectivity index (χ2n) is 9.50. The van der Waals surface area contributed by atoms with E-state index in [9.17, 15) is 14.7 Å². The van der Waals surface area contributed by atoms with E-state index >= 15 is 0 Å². The number of carbonyl (C=O) groups excluding carboxylic acids is 1. The number of ether oxygens (including phenoxy) is 1. The fourth-order valence-corrected chi connectivity index (χ4v) is 6.90. The van der Waals surface area contributed by atoms with Gasteiger partial charge >= 0.3 is 5.97 Å². The highest BCUT2D eigenvalue weighted by molar-refractivity contribution is 7.99. The van der Waals surface area contributed by atoms with Crippen LogP contribution in [0.4, 0.5) is 5.69 Å². The Balaban J connectivity index is 1.53. The first-order chi connectivity index (χ1) is 15.9. The van der Waals surface area contributed by atoms with Gasteiger partial charge in [-0.15, -0.1) is 11.8 Å². The molecule has 1 aromatic carbocycles. The molecular formula is C25H23N3O4S. The minimum Gasteiger partial charge on any atom is -0.458 e. The summed E-state index contributed by atoms with van der Waals surface area (Å²) >= 11 is 1.80. The van der Waals surface area contributed by atoms with E-state index in [0.717, 1.165) is 57.8 Å². The quantitative estimate of drug-likeness (QED) is 0.349. The average molecular weight is 462 g/mol. The Hall–Kier alpha value is -2.84. The summed E-state index contributed by atoms with van der Waals surface area (Å²) < 4.78 is 6.90. The third kappa shape index (κ3) is 2.43. The molecule has 4 aliphatic rings. The van der Waals surface area contributed by atoms with Crippen LogP contribution in [-0.4, -0.2) is 26.4 Å². The number of anilines is 1. The third-order valence-electron chi connectivity index (χ3n) is 7.73. The second kappa shape index (κ2) is 6.39. The lowest BCUT2D eigenvalue weighted by Gasteiger charge is -2.31. The standard InChI is InChI=1S/C25H23N3O4S/c1-2-25(31)16-8-18-21-14(9-28(18)23(29)15(16)10-32-24(25)30)12-5-6-33-22-19(12)17(27-21)7-13(20(22)26)11-3-4-11/h7-8,11,31H,2-6,9-10,26H2,1H3/t25-/m0/s1. The minimum absolute atomic E-state index is 0.115. The molecule has 2 aromatic heterocycles. The van der Waals surface area contributed by atoms with Crippen LogP contribution in [0.2, 0.25) is 0 Å². The number of rotatable bonds is 2. The summed E-state index contributed by atoms with van der Waals surface area (Å²) in [6.07, 6.45) is 3.35. The number of thioether (sulfide) groups is 1. The summed E-state index contributed by atoms with van der Waals surface area (Å²) in [5.74, 6) is 0.753. The normalized spacial score (nSPS) is 22.7. The van der Waals surface area contributed by atoms with E-state index in [0.29, 0.717) is 29.3 Å². The maximum absolute atomic E-state index is 13.5. The lowest BCUT2D eigenvalue weighted by molar-refractivity contribution is -0.172. The molecule has 168 valence electrons. The van der Waals surface area contributed by atoms with Gasteiger partial charge in [-0.25, -0.2) is 9.78 Å². The number of esters is 1. The number of cyclic esters (lactones) is 1. The van der Waals surface area contributed by atoms with Crippen LogP contribution < -0.4 is 11.3 Å². The smallest absolute Gasteiger partial charge is 0.343 e. The van der Waals surface area contributed by atoms with Gasteiger partial charge in [-0.05, 0) is 54.9 Å². The highest BCUT2D eigenvalue weighted by atomic mass is 32.2. The van der Waals surface area contributed by atoms with Crippen molar-refractivity contribution in [2.75, 3.05) is 11.5 Å². The van der Waals surface area contributed by atoms with Crippen molar-refractivity contribution in [3.05, 3.63) is 50.3 Å². The van der Waals surface area contributed by atoms with Gasteiger partial charge in [-0.1, -0.05) is 6.92 Å². The minimum atomic E-state index is -1.81. The molecule has 3 N–H and O–H groups in total. The molecule has 3 aromatic rings. The van der Waals surface area contributed by atoms with Gasteiger partial charge in [0.05, 0.1) is 29.0 Å². The summed E-state index contributed by atoms with van der Waals surface area (Å²) in [7, 11) is 0. The molecule has 0 bridgehead atoms. The number of pyridine rings is 2. The van der Waals surface area contributed by atoms with Crippen molar-refractivity contribution < 1.29 is 14.6 Å². The van der Waals surface area contributed by atoms with Crippen molar-refractivity contribution in [1.29, 1.82) is 0 Å². The molecule has 0 spiro atoms. The van der Waals surface area contributed by atoms with Gasteiger partial charge in [-0.3, -0.25) is 4.79 Å². The second-order valence-corrected chi connectivity index (χ2v) is 10.6. The van der Waals surface area contributed by atoms with Crippen molar-refractivity contribution in [3.8, 4) is 11.4 Å². The van der Waals surface area contributed by atoms with Gasteiger partial charge in [0.25, 0.3) is 5.56 Å². The number of nitrogen functional groups attached to an aromatic ring is 1. The molecule has 1 saturated carbocycles. The number of aromatic nitrogens is 2. The van der Waals surface area contributed by atoms with Crippen LogP contribution in [0.15, 0.2) is 21.8 Å². The van der Waals surface area contributed by atoms with Gasteiger partial charge in [0.15, 0.2) is 5.60 Å². The molecule has 1 atom stereocenters. The first-order valence-corrected chi connectivity index (χ1v) is 12.5. The SMILES string of the molecule is CC[C@@]1(O)C(=O)OCc2c1cc1n(c2=O)Cc2c-1nc1cc(C3CC3)c(N)c3c1c2CCS3. The maximum Gasteiger partial charge on any atom is 0.343 e. The first-order valence-electron chi connectivity index (χ1n) is 11.5. The Morgan fingerprint density at radius 3 is 2.85 bits per heavy atom. The van der Waals surface area contributed by atoms with E-state index in [2.05, 4.69) is 6.07 Å². The highest BCUT2D eigenvalue weighted by Crippen LogP contribution is 2.51. The van der Waals surface area contributed by atoms with Crippen LogP contribution in [-0.2, 0) is 34.7 Å². The fraction of sp³-hybridized carbons (Fsp3) is 0.400. The number of benzene rings is 1. The van der Waals surface area contributed by atoms with Crippen molar-refractivity contribution >= 4 is 34.3 Å². The van der Waals surface area contributed by atoms with Crippen LogP contribution in [0.3, 0.4) is 0 Å². The summed E-state index contributed by atoms with van der Waals surface area (Å²) in [6.45, 7) is 2.03. The molecule has 0 amide bonds. The molecule has 0 saturated heterocycles. The zero-order valence-corrected chi connectivity index (χ0v) is 19.1. The van der Waals surface area contributed by atoms with Crippen molar-refractivity contribution in [2.24, 2.45) is 0 Å². The zero-order chi connectivity index (χ0) is 22.6. The first kappa shape index (κ1) is 19.6. The molecule has 7 rings (SSSR count). The third-order valence-corrected chi connectivity index (χ3v) is 8.85. The summed E-state index contributed by atoms with van der Waals surface area (Å²) in [5, 5.41) is 12.2. The average Bonchev–Trinajstić information content (AvgIpc) is 3.60. The van der Waals surface area contributed by atoms with E-state index in [4.69, 9.17) is 15.5 Å². The van der Waals surface area contributed by atoms with Gasteiger partial charge in [0.1, 0.15) is 6.61 Å². The number of fused-ring (bicyclic) bond motifs is 5. The molecule has 3 aliphatic heterocycles. The number of aliphatic hydroxyl groups is 1. The van der Waals surface area contributed by atoms with Gasteiger partial charge in [0.2, 0.25) is 0 Å². The molecular weight excluding hydrogens is 438 g/mol. The van der Waals surface area contributed by atoms with E-state index in [1.165, 1.54) is 11.1 Å². The molecule has 0 radical (unpaired) electrons.